The fourth-order valence-corrected chi connectivity index (χ4v) is 3.35. The quantitative estimate of drug-likeness (QED) is 0.624. The van der Waals surface area contributed by atoms with Gasteiger partial charge < -0.3 is 5.32 Å². The van der Waals surface area contributed by atoms with E-state index in [1.54, 1.807) is 0 Å². The van der Waals surface area contributed by atoms with E-state index in [-0.39, 0.29) is 0 Å². The lowest BCUT2D eigenvalue weighted by Crippen LogP contribution is -2.31. The van der Waals surface area contributed by atoms with Crippen molar-refractivity contribution in [1.29, 1.82) is 0 Å². The van der Waals surface area contributed by atoms with E-state index >= 15 is 0 Å². The molecule has 1 unspecified atom stereocenters. The summed E-state index contributed by atoms with van der Waals surface area (Å²) in [5.41, 5.74) is 6.74. The minimum atomic E-state index is 0.337. The molecule has 4 heteroatoms. The van der Waals surface area contributed by atoms with Crippen molar-refractivity contribution in [3.05, 3.63) is 29.8 Å². The lowest BCUT2D eigenvalue weighted by molar-refractivity contribution is 0.265. The Morgan fingerprint density at radius 1 is 1.33 bits per heavy atom. The number of hydrogen-bond acceptors (Lipinski definition) is 2. The zero-order valence-corrected chi connectivity index (χ0v) is 14.2. The minimum Gasteiger partial charge on any atom is -0.331 e. The maximum absolute atomic E-state index is 5.32. The summed E-state index contributed by atoms with van der Waals surface area (Å²) in [6, 6.07) is 8.09. The van der Waals surface area contributed by atoms with Crippen LogP contribution in [0.15, 0.2) is 29.4 Å². The number of aryl methyl sites for hydroxylation is 1. The molecule has 1 aromatic rings. The number of para-hydroxylation sites is 1. The van der Waals surface area contributed by atoms with E-state index in [1.807, 2.05) is 18.2 Å². The predicted molar refractivity (Wildman–Crippen MR) is 94.8 cm³/mol. The van der Waals surface area contributed by atoms with Gasteiger partial charge in [0.2, 0.25) is 0 Å². The Kier molecular flexibility index (Phi) is 4.99. The van der Waals surface area contributed by atoms with Gasteiger partial charge in [-0.2, -0.15) is 5.10 Å². The van der Waals surface area contributed by atoms with Crippen LogP contribution in [0.3, 0.4) is 0 Å². The number of rotatable bonds is 2. The SMILES string of the molecule is Cc1ccccc1NC(=S)N/N=C1\CC(C)CC(C)(C)C1. The lowest BCUT2D eigenvalue weighted by Gasteiger charge is -2.34. The largest absolute Gasteiger partial charge is 0.331 e. The van der Waals surface area contributed by atoms with Crippen molar-refractivity contribution in [3.63, 3.8) is 0 Å². The normalized spacial score (nSPS) is 22.9. The number of hydrazone groups is 1. The van der Waals surface area contributed by atoms with Crippen LogP contribution in [0, 0.1) is 18.3 Å². The average molecular weight is 303 g/mol. The van der Waals surface area contributed by atoms with Gasteiger partial charge in [0.05, 0.1) is 0 Å². The molecule has 0 amide bonds. The molecule has 1 aliphatic rings. The highest BCUT2D eigenvalue weighted by Gasteiger charge is 2.29. The monoisotopic (exact) mass is 303 g/mol. The molecule has 1 saturated carbocycles. The molecule has 0 heterocycles. The average Bonchev–Trinajstić information content (AvgIpc) is 2.37. The standard InChI is InChI=1S/C17H25N3S/c1-12-9-14(11-17(3,4)10-12)19-20-16(21)18-15-8-6-5-7-13(15)2/h5-8,12H,9-11H2,1-4H3,(H2,18,20,21)/b19-14+. The van der Waals surface area contributed by atoms with Crippen LogP contribution in [-0.2, 0) is 0 Å². The van der Waals surface area contributed by atoms with Gasteiger partial charge in [-0.15, -0.1) is 0 Å². The summed E-state index contributed by atoms with van der Waals surface area (Å²) in [5, 5.41) is 8.26. The molecule has 0 spiro atoms. The molecule has 1 aromatic carbocycles. The van der Waals surface area contributed by atoms with E-state index in [2.05, 4.69) is 49.6 Å². The van der Waals surface area contributed by atoms with Crippen molar-refractivity contribution in [2.45, 2.75) is 47.0 Å². The minimum absolute atomic E-state index is 0.337. The van der Waals surface area contributed by atoms with Crippen LogP contribution in [0.4, 0.5) is 5.69 Å². The molecule has 2 rings (SSSR count). The highest BCUT2D eigenvalue weighted by Crippen LogP contribution is 2.36. The zero-order valence-electron chi connectivity index (χ0n) is 13.4. The van der Waals surface area contributed by atoms with E-state index in [9.17, 15) is 0 Å². The van der Waals surface area contributed by atoms with Crippen LogP contribution in [0.25, 0.3) is 0 Å². The van der Waals surface area contributed by atoms with Gasteiger partial charge in [-0.05, 0) is 61.4 Å². The van der Waals surface area contributed by atoms with Crippen molar-refractivity contribution < 1.29 is 0 Å². The summed E-state index contributed by atoms with van der Waals surface area (Å²) in [6.07, 6.45) is 3.36. The topological polar surface area (TPSA) is 36.4 Å². The molecular formula is C17H25N3S. The Labute approximate surface area is 133 Å². The summed E-state index contributed by atoms with van der Waals surface area (Å²) in [4.78, 5) is 0. The summed E-state index contributed by atoms with van der Waals surface area (Å²) in [5.74, 6) is 0.687. The molecule has 1 aliphatic carbocycles. The Hall–Kier alpha value is -1.42. The smallest absolute Gasteiger partial charge is 0.191 e. The van der Waals surface area contributed by atoms with Crippen molar-refractivity contribution in [3.8, 4) is 0 Å². The maximum Gasteiger partial charge on any atom is 0.191 e. The van der Waals surface area contributed by atoms with Crippen molar-refractivity contribution in [2.75, 3.05) is 5.32 Å². The van der Waals surface area contributed by atoms with E-state index < -0.39 is 0 Å². The molecule has 1 atom stereocenters. The number of anilines is 1. The Morgan fingerprint density at radius 2 is 2.05 bits per heavy atom. The Bertz CT molecular complexity index is 549. The van der Waals surface area contributed by atoms with E-state index in [0.717, 1.165) is 18.5 Å². The van der Waals surface area contributed by atoms with Crippen LogP contribution in [0.5, 0.6) is 0 Å². The van der Waals surface area contributed by atoms with Crippen LogP contribution in [0.1, 0.15) is 45.6 Å². The second-order valence-corrected chi connectivity index (χ2v) is 7.32. The highest BCUT2D eigenvalue weighted by atomic mass is 32.1. The molecule has 2 N–H and O–H groups in total. The van der Waals surface area contributed by atoms with Gasteiger partial charge in [-0.25, -0.2) is 0 Å². The first-order chi connectivity index (χ1) is 9.85. The third-order valence-electron chi connectivity index (χ3n) is 3.88. The van der Waals surface area contributed by atoms with Gasteiger partial charge in [0.25, 0.3) is 0 Å². The first-order valence-corrected chi connectivity index (χ1v) is 7.94. The number of hydrogen-bond donors (Lipinski definition) is 2. The fourth-order valence-electron chi connectivity index (χ4n) is 3.19. The highest BCUT2D eigenvalue weighted by molar-refractivity contribution is 7.80. The van der Waals surface area contributed by atoms with Crippen LogP contribution in [0.2, 0.25) is 0 Å². The van der Waals surface area contributed by atoms with Crippen molar-refractivity contribution in [2.24, 2.45) is 16.4 Å². The molecule has 0 saturated heterocycles. The van der Waals surface area contributed by atoms with E-state index in [4.69, 9.17) is 12.2 Å². The Morgan fingerprint density at radius 3 is 2.71 bits per heavy atom. The third kappa shape index (κ3) is 4.81. The summed E-state index contributed by atoms with van der Waals surface area (Å²) in [6.45, 7) is 8.96. The van der Waals surface area contributed by atoms with Gasteiger partial charge in [-0.3, -0.25) is 5.43 Å². The van der Waals surface area contributed by atoms with E-state index in [1.165, 1.54) is 17.7 Å². The number of benzene rings is 1. The van der Waals surface area contributed by atoms with Gasteiger partial charge >= 0.3 is 0 Å². The van der Waals surface area contributed by atoms with Gasteiger partial charge in [0, 0.05) is 11.4 Å². The van der Waals surface area contributed by atoms with Gasteiger partial charge in [0.15, 0.2) is 5.11 Å². The molecule has 0 aliphatic heterocycles. The van der Waals surface area contributed by atoms with Crippen molar-refractivity contribution in [1.82, 2.24) is 5.43 Å². The first-order valence-electron chi connectivity index (χ1n) is 7.54. The molecule has 114 valence electrons. The second kappa shape index (κ2) is 6.56. The number of thiocarbonyl (C=S) groups is 1. The second-order valence-electron chi connectivity index (χ2n) is 6.91. The summed E-state index contributed by atoms with van der Waals surface area (Å²) < 4.78 is 0. The summed E-state index contributed by atoms with van der Waals surface area (Å²) >= 11 is 5.32. The van der Waals surface area contributed by atoms with Gasteiger partial charge in [-0.1, -0.05) is 39.0 Å². The fraction of sp³-hybridized carbons (Fsp3) is 0.529. The predicted octanol–water partition coefficient (Wildman–Crippen LogP) is 4.48. The lowest BCUT2D eigenvalue weighted by atomic mass is 9.72. The molecule has 0 radical (unpaired) electrons. The molecule has 21 heavy (non-hydrogen) atoms. The number of nitrogens with one attached hydrogen (secondary N) is 2. The molecule has 0 bridgehead atoms. The third-order valence-corrected chi connectivity index (χ3v) is 4.07. The molecule has 0 aromatic heterocycles. The zero-order chi connectivity index (χ0) is 15.5. The van der Waals surface area contributed by atoms with Crippen LogP contribution in [-0.4, -0.2) is 10.8 Å². The number of nitrogens with zero attached hydrogens (tertiary/aromatic N) is 1. The van der Waals surface area contributed by atoms with Crippen molar-refractivity contribution >= 4 is 28.7 Å². The van der Waals surface area contributed by atoms with Gasteiger partial charge in [0.1, 0.15) is 0 Å². The first kappa shape index (κ1) is 16.0. The molecule has 3 nitrogen and oxygen atoms in total. The maximum atomic E-state index is 5.32. The molecular weight excluding hydrogens is 278 g/mol. The summed E-state index contributed by atoms with van der Waals surface area (Å²) in [7, 11) is 0. The Balaban J connectivity index is 1.94. The van der Waals surface area contributed by atoms with Crippen LogP contribution < -0.4 is 10.7 Å². The molecule has 1 fully saturated rings. The van der Waals surface area contributed by atoms with Crippen LogP contribution >= 0.6 is 12.2 Å². The van der Waals surface area contributed by atoms with E-state index in [0.29, 0.717) is 16.4 Å².